The first-order chi connectivity index (χ1) is 6.09. The number of carboxylic acid groups (broad SMARTS) is 1. The molecule has 1 aliphatic rings. The van der Waals surface area contributed by atoms with Crippen molar-refractivity contribution in [3.8, 4) is 0 Å². The van der Waals surface area contributed by atoms with Gasteiger partial charge in [0.15, 0.2) is 0 Å². The maximum absolute atomic E-state index is 10.8. The number of hydrogen-bond acceptors (Lipinski definition) is 2. The Morgan fingerprint density at radius 3 is 2.31 bits per heavy atom. The van der Waals surface area contributed by atoms with E-state index in [9.17, 15) is 9.59 Å². The topological polar surface area (TPSA) is 57.6 Å². The quantitative estimate of drug-likeness (QED) is 0.690. The van der Waals surface area contributed by atoms with E-state index in [1.165, 1.54) is 11.8 Å². The third-order valence-corrected chi connectivity index (χ3v) is 1.76. The Hall–Kier alpha value is -1.58. The fourth-order valence-corrected chi connectivity index (χ4v) is 1.07. The summed E-state index contributed by atoms with van der Waals surface area (Å²) in [4.78, 5) is 22.6. The summed E-state index contributed by atoms with van der Waals surface area (Å²) in [5.74, 6) is -1.02. The first-order valence-electron chi connectivity index (χ1n) is 3.97. The Labute approximate surface area is 76.2 Å². The van der Waals surface area contributed by atoms with Crippen LogP contribution in [0.1, 0.15) is 13.3 Å². The van der Waals surface area contributed by atoms with Gasteiger partial charge in [0.05, 0.1) is 6.42 Å². The van der Waals surface area contributed by atoms with Gasteiger partial charge in [-0.2, -0.15) is 0 Å². The van der Waals surface area contributed by atoms with Crippen LogP contribution in [0.2, 0.25) is 0 Å². The molecule has 1 aliphatic heterocycles. The van der Waals surface area contributed by atoms with Crippen LogP contribution in [0.25, 0.3) is 0 Å². The maximum atomic E-state index is 10.8. The standard InChI is InChI=1S/C9H11NO3/c1-7(11)10-4-2-8(3-5-10)6-9(12)13/h2-5,8H,6H2,1H3,(H,12,13). The number of amides is 1. The molecule has 1 N–H and O–H groups in total. The van der Waals surface area contributed by atoms with E-state index in [0.29, 0.717) is 0 Å². The highest BCUT2D eigenvalue weighted by Crippen LogP contribution is 2.13. The van der Waals surface area contributed by atoms with Gasteiger partial charge in [-0.3, -0.25) is 14.5 Å². The van der Waals surface area contributed by atoms with E-state index >= 15 is 0 Å². The average molecular weight is 181 g/mol. The summed E-state index contributed by atoms with van der Waals surface area (Å²) in [6, 6.07) is 0. The third-order valence-electron chi connectivity index (χ3n) is 1.76. The number of carbonyl (C=O) groups excluding carboxylic acids is 1. The lowest BCUT2D eigenvalue weighted by Gasteiger charge is -2.17. The Bertz CT molecular complexity index is 267. The molecule has 0 aromatic carbocycles. The summed E-state index contributed by atoms with van der Waals surface area (Å²) in [7, 11) is 0. The maximum Gasteiger partial charge on any atom is 0.304 e. The molecule has 0 aromatic rings. The second-order valence-electron chi connectivity index (χ2n) is 2.87. The molecule has 70 valence electrons. The van der Waals surface area contributed by atoms with Gasteiger partial charge in [-0.1, -0.05) is 12.2 Å². The van der Waals surface area contributed by atoms with Gasteiger partial charge in [-0.15, -0.1) is 0 Å². The number of carboxylic acids is 1. The molecule has 4 heteroatoms. The third kappa shape index (κ3) is 2.74. The molecule has 0 spiro atoms. The molecule has 0 fully saturated rings. The van der Waals surface area contributed by atoms with E-state index in [2.05, 4.69) is 0 Å². The summed E-state index contributed by atoms with van der Waals surface area (Å²) >= 11 is 0. The largest absolute Gasteiger partial charge is 0.481 e. The van der Waals surface area contributed by atoms with Gasteiger partial charge in [0.25, 0.3) is 0 Å². The molecule has 0 aromatic heterocycles. The van der Waals surface area contributed by atoms with Gasteiger partial charge in [-0.25, -0.2) is 0 Å². The van der Waals surface area contributed by atoms with Crippen molar-refractivity contribution >= 4 is 11.9 Å². The molecule has 13 heavy (non-hydrogen) atoms. The summed E-state index contributed by atoms with van der Waals surface area (Å²) in [5.41, 5.74) is 0. The van der Waals surface area contributed by atoms with Crippen LogP contribution < -0.4 is 0 Å². The fourth-order valence-electron chi connectivity index (χ4n) is 1.07. The van der Waals surface area contributed by atoms with Crippen LogP contribution >= 0.6 is 0 Å². The van der Waals surface area contributed by atoms with Crippen molar-refractivity contribution in [2.45, 2.75) is 13.3 Å². The molecule has 4 nitrogen and oxygen atoms in total. The zero-order valence-corrected chi connectivity index (χ0v) is 7.30. The van der Waals surface area contributed by atoms with Crippen molar-refractivity contribution in [3.05, 3.63) is 24.6 Å². The molecule has 0 saturated heterocycles. The molecule has 1 rings (SSSR count). The molecular weight excluding hydrogens is 170 g/mol. The molecule has 0 atom stereocenters. The minimum Gasteiger partial charge on any atom is -0.481 e. The zero-order chi connectivity index (χ0) is 9.84. The fraction of sp³-hybridized carbons (Fsp3) is 0.333. The highest BCUT2D eigenvalue weighted by atomic mass is 16.4. The Morgan fingerprint density at radius 2 is 1.92 bits per heavy atom. The van der Waals surface area contributed by atoms with Gasteiger partial charge in [0, 0.05) is 25.2 Å². The van der Waals surface area contributed by atoms with Crippen LogP contribution in [0.15, 0.2) is 24.6 Å². The van der Waals surface area contributed by atoms with Crippen molar-refractivity contribution in [3.63, 3.8) is 0 Å². The predicted octanol–water partition coefficient (Wildman–Crippen LogP) is 0.967. The van der Waals surface area contributed by atoms with Crippen LogP contribution in [0, 0.1) is 5.92 Å². The molecule has 0 aliphatic carbocycles. The van der Waals surface area contributed by atoms with E-state index in [1.807, 2.05) is 0 Å². The van der Waals surface area contributed by atoms with Gasteiger partial charge >= 0.3 is 5.97 Å². The Kier molecular flexibility index (Phi) is 2.84. The smallest absolute Gasteiger partial charge is 0.304 e. The van der Waals surface area contributed by atoms with Crippen molar-refractivity contribution in [1.82, 2.24) is 4.90 Å². The minimum absolute atomic E-state index is 0.0682. The number of allylic oxidation sites excluding steroid dienone is 2. The number of aliphatic carboxylic acids is 1. The van der Waals surface area contributed by atoms with Crippen molar-refractivity contribution in [1.29, 1.82) is 0 Å². The normalized spacial score (nSPS) is 16.2. The molecule has 0 unspecified atom stereocenters. The van der Waals surface area contributed by atoms with Crippen LogP contribution in [-0.2, 0) is 9.59 Å². The van der Waals surface area contributed by atoms with Crippen LogP contribution in [0.3, 0.4) is 0 Å². The predicted molar refractivity (Wildman–Crippen MR) is 46.5 cm³/mol. The monoisotopic (exact) mass is 181 g/mol. The van der Waals surface area contributed by atoms with Gasteiger partial charge < -0.3 is 5.11 Å². The zero-order valence-electron chi connectivity index (χ0n) is 7.30. The summed E-state index contributed by atoms with van der Waals surface area (Å²) < 4.78 is 0. The second-order valence-corrected chi connectivity index (χ2v) is 2.87. The van der Waals surface area contributed by atoms with Crippen molar-refractivity contribution in [2.75, 3.05) is 0 Å². The van der Waals surface area contributed by atoms with E-state index in [-0.39, 0.29) is 18.2 Å². The van der Waals surface area contributed by atoms with E-state index in [1.54, 1.807) is 24.6 Å². The van der Waals surface area contributed by atoms with Gasteiger partial charge in [0.1, 0.15) is 0 Å². The molecular formula is C9H11NO3. The SMILES string of the molecule is CC(=O)N1C=CC(CC(=O)O)C=C1. The average Bonchev–Trinajstić information content (AvgIpc) is 2.04. The minimum atomic E-state index is -0.837. The van der Waals surface area contributed by atoms with E-state index in [4.69, 9.17) is 5.11 Å². The second kappa shape index (κ2) is 3.89. The number of carbonyl (C=O) groups is 2. The molecule has 0 radical (unpaired) electrons. The highest BCUT2D eigenvalue weighted by Gasteiger charge is 2.12. The first-order valence-corrected chi connectivity index (χ1v) is 3.97. The summed E-state index contributed by atoms with van der Waals surface area (Å²) in [6.45, 7) is 1.45. The number of nitrogens with zero attached hydrogens (tertiary/aromatic N) is 1. The summed E-state index contributed by atoms with van der Waals surface area (Å²) in [6.07, 6.45) is 6.66. The van der Waals surface area contributed by atoms with Crippen molar-refractivity contribution < 1.29 is 14.7 Å². The highest BCUT2D eigenvalue weighted by molar-refractivity contribution is 5.76. The van der Waals surface area contributed by atoms with Crippen LogP contribution in [-0.4, -0.2) is 21.9 Å². The summed E-state index contributed by atoms with van der Waals surface area (Å²) in [5, 5.41) is 8.49. The molecule has 0 bridgehead atoms. The van der Waals surface area contributed by atoms with Gasteiger partial charge in [0.2, 0.25) is 5.91 Å². The Balaban J connectivity index is 2.53. The number of rotatable bonds is 2. The Morgan fingerprint density at radius 1 is 1.38 bits per heavy atom. The van der Waals surface area contributed by atoms with Crippen molar-refractivity contribution in [2.24, 2.45) is 5.92 Å². The molecule has 1 amide bonds. The van der Waals surface area contributed by atoms with Crippen LogP contribution in [0.4, 0.5) is 0 Å². The molecule has 0 saturated carbocycles. The molecule has 1 heterocycles. The first kappa shape index (κ1) is 9.51. The van der Waals surface area contributed by atoms with E-state index in [0.717, 1.165) is 0 Å². The lowest BCUT2D eigenvalue weighted by molar-refractivity contribution is -0.137. The van der Waals surface area contributed by atoms with E-state index < -0.39 is 5.97 Å². The lowest BCUT2D eigenvalue weighted by atomic mass is 10.0. The number of hydrogen-bond donors (Lipinski definition) is 1. The van der Waals surface area contributed by atoms with Gasteiger partial charge in [-0.05, 0) is 0 Å². The lowest BCUT2D eigenvalue weighted by Crippen LogP contribution is -2.19. The van der Waals surface area contributed by atoms with Crippen LogP contribution in [0.5, 0.6) is 0 Å².